The third-order valence-electron chi connectivity index (χ3n) is 2.11. The fraction of sp³-hybridized carbons (Fsp3) is 0.364. The molecular weight excluding hydrogens is 267 g/mol. The average Bonchev–Trinajstić information content (AvgIpc) is 2.28. The molecule has 0 fully saturated rings. The zero-order chi connectivity index (χ0) is 13.8. The third-order valence-corrected chi connectivity index (χ3v) is 3.49. The summed E-state index contributed by atoms with van der Waals surface area (Å²) in [6, 6.07) is 6.83. The molecule has 0 heterocycles. The summed E-state index contributed by atoms with van der Waals surface area (Å²) in [7, 11) is -1.42. The van der Waals surface area contributed by atoms with Gasteiger partial charge in [0.25, 0.3) is 0 Å². The second kappa shape index (κ2) is 5.99. The number of amides is 1. The number of alkyl halides is 3. The fourth-order valence-electron chi connectivity index (χ4n) is 1.17. The largest absolute Gasteiger partial charge is 0.471 e. The predicted octanol–water partition coefficient (Wildman–Crippen LogP) is 1.78. The van der Waals surface area contributed by atoms with Crippen LogP contribution in [0.5, 0.6) is 0 Å². The van der Waals surface area contributed by atoms with Gasteiger partial charge >= 0.3 is 12.1 Å². The summed E-state index contributed by atoms with van der Waals surface area (Å²) in [5.74, 6) is -2.06. The van der Waals surface area contributed by atoms with Gasteiger partial charge in [-0.05, 0) is 19.1 Å². The Kier molecular flexibility index (Phi) is 4.89. The number of hydrogen-bond donors (Lipinski definition) is 1. The molecule has 7 heteroatoms. The Labute approximate surface area is 105 Å². The van der Waals surface area contributed by atoms with Crippen LogP contribution in [-0.4, -0.2) is 28.6 Å². The second-order valence-electron chi connectivity index (χ2n) is 3.62. The number of carbonyl (C=O) groups excluding carboxylic acids is 1. The Hall–Kier alpha value is -1.37. The maximum Gasteiger partial charge on any atom is 0.471 e. The number of hydrogen-bond acceptors (Lipinski definition) is 2. The summed E-state index contributed by atoms with van der Waals surface area (Å²) in [6.45, 7) is 1.59. The molecule has 0 spiro atoms. The SMILES string of the molecule is Cc1ccc(S(=O)CCNC(=O)C(F)(F)F)cc1. The quantitative estimate of drug-likeness (QED) is 0.913. The Bertz CT molecular complexity index is 443. The van der Waals surface area contributed by atoms with E-state index >= 15 is 0 Å². The Balaban J connectivity index is 2.43. The molecule has 100 valence electrons. The van der Waals surface area contributed by atoms with Crippen LogP contribution < -0.4 is 5.32 Å². The smallest absolute Gasteiger partial charge is 0.347 e. The van der Waals surface area contributed by atoms with E-state index in [1.54, 1.807) is 29.6 Å². The average molecular weight is 279 g/mol. The van der Waals surface area contributed by atoms with Crippen LogP contribution in [0.25, 0.3) is 0 Å². The molecule has 1 unspecified atom stereocenters. The Morgan fingerprint density at radius 3 is 2.33 bits per heavy atom. The van der Waals surface area contributed by atoms with Crippen LogP contribution in [0.4, 0.5) is 13.2 Å². The first-order valence-electron chi connectivity index (χ1n) is 5.11. The zero-order valence-corrected chi connectivity index (χ0v) is 10.4. The van der Waals surface area contributed by atoms with Crippen molar-refractivity contribution in [3.05, 3.63) is 29.8 Å². The minimum atomic E-state index is -4.90. The van der Waals surface area contributed by atoms with E-state index in [0.717, 1.165) is 5.56 Å². The van der Waals surface area contributed by atoms with Gasteiger partial charge in [-0.15, -0.1) is 0 Å². The highest BCUT2D eigenvalue weighted by Gasteiger charge is 2.38. The van der Waals surface area contributed by atoms with E-state index in [9.17, 15) is 22.2 Å². The second-order valence-corrected chi connectivity index (χ2v) is 5.19. The van der Waals surface area contributed by atoms with E-state index in [4.69, 9.17) is 0 Å². The van der Waals surface area contributed by atoms with Crippen LogP contribution >= 0.6 is 0 Å². The summed E-state index contributed by atoms with van der Waals surface area (Å²) in [4.78, 5) is 11.0. The molecule has 3 nitrogen and oxygen atoms in total. The molecule has 1 aromatic rings. The number of carbonyl (C=O) groups is 1. The van der Waals surface area contributed by atoms with Gasteiger partial charge in [0.15, 0.2) is 0 Å². The minimum absolute atomic E-state index is 0.0507. The first-order chi connectivity index (χ1) is 8.30. The van der Waals surface area contributed by atoms with Crippen LogP contribution in [-0.2, 0) is 15.6 Å². The maximum absolute atomic E-state index is 11.9. The zero-order valence-electron chi connectivity index (χ0n) is 9.58. The molecule has 1 atom stereocenters. The monoisotopic (exact) mass is 279 g/mol. The Morgan fingerprint density at radius 1 is 1.28 bits per heavy atom. The molecule has 0 saturated heterocycles. The van der Waals surface area contributed by atoms with Crippen molar-refractivity contribution in [3.8, 4) is 0 Å². The normalized spacial score (nSPS) is 13.1. The summed E-state index contributed by atoms with van der Waals surface area (Å²) >= 11 is 0. The van der Waals surface area contributed by atoms with Crippen LogP contribution in [0.15, 0.2) is 29.2 Å². The van der Waals surface area contributed by atoms with Gasteiger partial charge in [0, 0.05) is 17.2 Å². The van der Waals surface area contributed by atoms with Crippen molar-refractivity contribution in [2.24, 2.45) is 0 Å². The van der Waals surface area contributed by atoms with Gasteiger partial charge in [-0.2, -0.15) is 13.2 Å². The molecule has 0 aliphatic heterocycles. The van der Waals surface area contributed by atoms with Gasteiger partial charge in [0.2, 0.25) is 0 Å². The molecule has 0 bridgehead atoms. The van der Waals surface area contributed by atoms with Gasteiger partial charge in [0.1, 0.15) is 0 Å². The maximum atomic E-state index is 11.9. The first kappa shape index (κ1) is 14.7. The molecule has 1 aromatic carbocycles. The van der Waals surface area contributed by atoms with Gasteiger partial charge in [-0.1, -0.05) is 17.7 Å². The number of halogens is 3. The lowest BCUT2D eigenvalue weighted by Gasteiger charge is -2.07. The first-order valence-corrected chi connectivity index (χ1v) is 6.42. The summed E-state index contributed by atoms with van der Waals surface area (Å²) < 4.78 is 47.2. The third kappa shape index (κ3) is 4.48. The van der Waals surface area contributed by atoms with Crippen molar-refractivity contribution in [1.82, 2.24) is 5.32 Å². The van der Waals surface area contributed by atoms with Gasteiger partial charge < -0.3 is 5.32 Å². The van der Waals surface area contributed by atoms with Crippen LogP contribution in [0.2, 0.25) is 0 Å². The predicted molar refractivity (Wildman–Crippen MR) is 61.5 cm³/mol. The lowest BCUT2D eigenvalue weighted by atomic mass is 10.2. The van der Waals surface area contributed by atoms with Gasteiger partial charge in [-0.3, -0.25) is 9.00 Å². The highest BCUT2D eigenvalue weighted by molar-refractivity contribution is 7.85. The summed E-state index contributed by atoms with van der Waals surface area (Å²) in [6.07, 6.45) is -4.90. The molecule has 1 rings (SSSR count). The van der Waals surface area contributed by atoms with E-state index in [1.807, 2.05) is 6.92 Å². The van der Waals surface area contributed by atoms with Gasteiger partial charge in [0.05, 0.1) is 10.8 Å². The summed E-state index contributed by atoms with van der Waals surface area (Å²) in [5, 5.41) is 1.68. The molecule has 0 aliphatic rings. The minimum Gasteiger partial charge on any atom is -0.347 e. The van der Waals surface area contributed by atoms with Gasteiger partial charge in [-0.25, -0.2) is 0 Å². The van der Waals surface area contributed by atoms with Crippen LogP contribution in [0, 0.1) is 6.92 Å². The Morgan fingerprint density at radius 2 is 1.83 bits per heavy atom. The van der Waals surface area contributed by atoms with E-state index in [0.29, 0.717) is 4.90 Å². The standard InChI is InChI=1S/C11H12F3NO2S/c1-8-2-4-9(5-3-8)18(17)7-6-15-10(16)11(12,13)14/h2-5H,6-7H2,1H3,(H,15,16). The van der Waals surface area contributed by atoms with Crippen molar-refractivity contribution in [2.45, 2.75) is 18.0 Å². The molecule has 0 saturated carbocycles. The molecule has 1 N–H and O–H groups in total. The van der Waals surface area contributed by atoms with E-state index < -0.39 is 22.9 Å². The number of rotatable bonds is 4. The topological polar surface area (TPSA) is 46.2 Å². The molecule has 0 aromatic heterocycles. The number of aryl methyl sites for hydroxylation is 1. The van der Waals surface area contributed by atoms with E-state index in [1.165, 1.54) is 0 Å². The fourth-order valence-corrected chi connectivity index (χ4v) is 2.13. The van der Waals surface area contributed by atoms with Crippen molar-refractivity contribution in [1.29, 1.82) is 0 Å². The molecule has 18 heavy (non-hydrogen) atoms. The van der Waals surface area contributed by atoms with E-state index in [2.05, 4.69) is 0 Å². The lowest BCUT2D eigenvalue weighted by molar-refractivity contribution is -0.173. The van der Waals surface area contributed by atoms with E-state index in [-0.39, 0.29) is 12.3 Å². The van der Waals surface area contributed by atoms with Crippen molar-refractivity contribution in [2.75, 3.05) is 12.3 Å². The van der Waals surface area contributed by atoms with Crippen LogP contribution in [0.1, 0.15) is 5.56 Å². The molecule has 0 aliphatic carbocycles. The lowest BCUT2D eigenvalue weighted by Crippen LogP contribution is -2.38. The van der Waals surface area contributed by atoms with Crippen LogP contribution in [0.3, 0.4) is 0 Å². The number of benzene rings is 1. The summed E-state index contributed by atoms with van der Waals surface area (Å²) in [5.41, 5.74) is 1.00. The molecule has 1 amide bonds. The van der Waals surface area contributed by atoms with Crippen molar-refractivity contribution < 1.29 is 22.2 Å². The molecular formula is C11H12F3NO2S. The number of nitrogens with one attached hydrogen (secondary N) is 1. The molecule has 0 radical (unpaired) electrons. The van der Waals surface area contributed by atoms with Crippen molar-refractivity contribution in [3.63, 3.8) is 0 Å². The highest BCUT2D eigenvalue weighted by Crippen LogP contribution is 2.14. The highest BCUT2D eigenvalue weighted by atomic mass is 32.2. The van der Waals surface area contributed by atoms with Crippen molar-refractivity contribution >= 4 is 16.7 Å².